The number of nitrogens with one attached hydrogen (secondary N) is 2. The van der Waals surface area contributed by atoms with Crippen LogP contribution in [0.15, 0.2) is 52.9 Å². The van der Waals surface area contributed by atoms with Gasteiger partial charge < -0.3 is 5.32 Å². The lowest BCUT2D eigenvalue weighted by atomic mass is 10.0. The molecule has 2 N–H and O–H groups in total. The minimum atomic E-state index is -0.620. The van der Waals surface area contributed by atoms with Crippen molar-refractivity contribution in [2.24, 2.45) is 11.0 Å². The lowest BCUT2D eigenvalue weighted by Crippen LogP contribution is -2.49. The molecule has 2 rings (SSSR count). The SMILES string of the molecule is CC(C)[C@H](NC(=O)Cc1cccs1)C(=O)N/N=C/c1ccccc1. The fourth-order valence-corrected chi connectivity index (χ4v) is 2.81. The van der Waals surface area contributed by atoms with Crippen LogP contribution < -0.4 is 10.7 Å². The molecular formula is C18H21N3O2S. The number of amides is 2. The fourth-order valence-electron chi connectivity index (χ4n) is 2.11. The van der Waals surface area contributed by atoms with Crippen molar-refractivity contribution in [1.29, 1.82) is 0 Å². The van der Waals surface area contributed by atoms with E-state index in [2.05, 4.69) is 15.8 Å². The molecule has 2 amide bonds. The number of hydrogen-bond acceptors (Lipinski definition) is 4. The van der Waals surface area contributed by atoms with Gasteiger partial charge in [-0.3, -0.25) is 9.59 Å². The molecular weight excluding hydrogens is 322 g/mol. The molecule has 126 valence electrons. The van der Waals surface area contributed by atoms with Crippen molar-refractivity contribution in [2.75, 3.05) is 0 Å². The Kier molecular flexibility index (Phi) is 6.69. The van der Waals surface area contributed by atoms with Gasteiger partial charge in [-0.1, -0.05) is 50.2 Å². The minimum Gasteiger partial charge on any atom is -0.344 e. The summed E-state index contributed by atoms with van der Waals surface area (Å²) in [5.74, 6) is -0.528. The monoisotopic (exact) mass is 343 g/mol. The first kappa shape index (κ1) is 17.9. The summed E-state index contributed by atoms with van der Waals surface area (Å²) in [6.45, 7) is 3.77. The van der Waals surface area contributed by atoms with Gasteiger partial charge in [-0.2, -0.15) is 5.10 Å². The first-order chi connectivity index (χ1) is 11.6. The molecule has 0 saturated carbocycles. The highest BCUT2D eigenvalue weighted by Gasteiger charge is 2.24. The van der Waals surface area contributed by atoms with E-state index in [9.17, 15) is 9.59 Å². The van der Waals surface area contributed by atoms with E-state index < -0.39 is 6.04 Å². The lowest BCUT2D eigenvalue weighted by molar-refractivity contribution is -0.129. The standard InChI is InChI=1S/C18H21N3O2S/c1-13(2)17(20-16(22)11-15-9-6-10-24-15)18(23)21-19-12-14-7-4-3-5-8-14/h3-10,12-13,17H,11H2,1-2H3,(H,20,22)(H,21,23)/b19-12+/t17-/m0/s1. The molecule has 0 bridgehead atoms. The molecule has 0 unspecified atom stereocenters. The van der Waals surface area contributed by atoms with Gasteiger partial charge in [0.1, 0.15) is 6.04 Å². The quantitative estimate of drug-likeness (QED) is 0.599. The van der Waals surface area contributed by atoms with E-state index in [1.165, 1.54) is 11.3 Å². The second-order valence-corrected chi connectivity index (χ2v) is 6.72. The predicted octanol–water partition coefficient (Wildman–Crippen LogP) is 2.58. The fraction of sp³-hybridized carbons (Fsp3) is 0.278. The van der Waals surface area contributed by atoms with E-state index in [1.54, 1.807) is 6.21 Å². The van der Waals surface area contributed by atoms with E-state index in [0.29, 0.717) is 0 Å². The van der Waals surface area contributed by atoms with E-state index in [-0.39, 0.29) is 24.2 Å². The average molecular weight is 343 g/mol. The molecule has 1 aromatic heterocycles. The van der Waals surface area contributed by atoms with Crippen LogP contribution in [0.4, 0.5) is 0 Å². The zero-order chi connectivity index (χ0) is 17.4. The second kappa shape index (κ2) is 8.98. The first-order valence-corrected chi connectivity index (χ1v) is 8.64. The molecule has 0 aliphatic heterocycles. The third kappa shape index (κ3) is 5.62. The molecule has 0 radical (unpaired) electrons. The molecule has 0 aliphatic carbocycles. The highest BCUT2D eigenvalue weighted by Crippen LogP contribution is 2.10. The van der Waals surface area contributed by atoms with E-state index >= 15 is 0 Å². The van der Waals surface area contributed by atoms with Crippen LogP contribution in [0, 0.1) is 5.92 Å². The van der Waals surface area contributed by atoms with E-state index in [0.717, 1.165) is 10.4 Å². The van der Waals surface area contributed by atoms with Gasteiger partial charge in [-0.05, 0) is 22.9 Å². The topological polar surface area (TPSA) is 70.6 Å². The maximum Gasteiger partial charge on any atom is 0.262 e. The van der Waals surface area contributed by atoms with Crippen molar-refractivity contribution < 1.29 is 9.59 Å². The maximum absolute atomic E-state index is 12.3. The predicted molar refractivity (Wildman–Crippen MR) is 97.0 cm³/mol. The lowest BCUT2D eigenvalue weighted by Gasteiger charge is -2.20. The highest BCUT2D eigenvalue weighted by molar-refractivity contribution is 7.10. The Balaban J connectivity index is 1.90. The molecule has 2 aromatic rings. The number of rotatable bonds is 7. The Morgan fingerprint density at radius 1 is 1.17 bits per heavy atom. The minimum absolute atomic E-state index is 0.0378. The highest BCUT2D eigenvalue weighted by atomic mass is 32.1. The molecule has 1 atom stereocenters. The number of carbonyl (C=O) groups excluding carboxylic acids is 2. The summed E-state index contributed by atoms with van der Waals surface area (Å²) in [6.07, 6.45) is 1.85. The third-order valence-corrected chi connectivity index (χ3v) is 4.24. The molecule has 1 heterocycles. The van der Waals surface area contributed by atoms with Crippen LogP contribution in [0.5, 0.6) is 0 Å². The van der Waals surface area contributed by atoms with Crippen molar-refractivity contribution in [3.8, 4) is 0 Å². The van der Waals surface area contributed by atoms with Crippen molar-refractivity contribution in [3.63, 3.8) is 0 Å². The normalized spacial score (nSPS) is 12.3. The number of nitrogens with zero attached hydrogens (tertiary/aromatic N) is 1. The molecule has 0 aliphatic rings. The Morgan fingerprint density at radius 2 is 1.92 bits per heavy atom. The molecule has 0 spiro atoms. The van der Waals surface area contributed by atoms with Crippen molar-refractivity contribution in [2.45, 2.75) is 26.3 Å². The summed E-state index contributed by atoms with van der Waals surface area (Å²) < 4.78 is 0. The van der Waals surface area contributed by atoms with Crippen LogP contribution in [0.25, 0.3) is 0 Å². The Morgan fingerprint density at radius 3 is 2.54 bits per heavy atom. The summed E-state index contributed by atoms with van der Waals surface area (Å²) in [5, 5.41) is 8.66. The number of hydrazone groups is 1. The summed E-state index contributed by atoms with van der Waals surface area (Å²) in [5.41, 5.74) is 3.38. The smallest absolute Gasteiger partial charge is 0.262 e. The van der Waals surface area contributed by atoms with Gasteiger partial charge in [0.2, 0.25) is 5.91 Å². The summed E-state index contributed by atoms with van der Waals surface area (Å²) in [4.78, 5) is 25.3. The maximum atomic E-state index is 12.3. The van der Waals surface area contributed by atoms with Gasteiger partial charge in [-0.25, -0.2) is 5.43 Å². The zero-order valence-electron chi connectivity index (χ0n) is 13.7. The Hall–Kier alpha value is -2.47. The largest absolute Gasteiger partial charge is 0.344 e. The number of thiophene rings is 1. The molecule has 5 nitrogen and oxygen atoms in total. The van der Waals surface area contributed by atoms with Crippen molar-refractivity contribution in [1.82, 2.24) is 10.7 Å². The van der Waals surface area contributed by atoms with Gasteiger partial charge >= 0.3 is 0 Å². The van der Waals surface area contributed by atoms with Gasteiger partial charge in [0.25, 0.3) is 5.91 Å². The summed E-state index contributed by atoms with van der Waals surface area (Å²) in [7, 11) is 0. The van der Waals surface area contributed by atoms with E-state index in [4.69, 9.17) is 0 Å². The third-order valence-electron chi connectivity index (χ3n) is 3.37. The van der Waals surface area contributed by atoms with Crippen molar-refractivity contribution >= 4 is 29.4 Å². The molecule has 0 saturated heterocycles. The van der Waals surface area contributed by atoms with Gasteiger partial charge in [0.05, 0.1) is 12.6 Å². The number of carbonyl (C=O) groups is 2. The van der Waals surface area contributed by atoms with Gasteiger partial charge in [0, 0.05) is 4.88 Å². The van der Waals surface area contributed by atoms with Crippen molar-refractivity contribution in [3.05, 3.63) is 58.3 Å². The Bertz CT molecular complexity index is 682. The van der Waals surface area contributed by atoms with Crippen LogP contribution >= 0.6 is 11.3 Å². The number of benzene rings is 1. The summed E-state index contributed by atoms with van der Waals surface area (Å²) in [6, 6.07) is 12.7. The van der Waals surface area contributed by atoms with Crippen LogP contribution in [0.2, 0.25) is 0 Å². The molecule has 24 heavy (non-hydrogen) atoms. The molecule has 6 heteroatoms. The summed E-state index contributed by atoms with van der Waals surface area (Å²) >= 11 is 1.52. The van der Waals surface area contributed by atoms with Gasteiger partial charge in [0.15, 0.2) is 0 Å². The first-order valence-electron chi connectivity index (χ1n) is 7.76. The molecule has 1 aromatic carbocycles. The van der Waals surface area contributed by atoms with Crippen LogP contribution in [0.1, 0.15) is 24.3 Å². The van der Waals surface area contributed by atoms with E-state index in [1.807, 2.05) is 61.7 Å². The second-order valence-electron chi connectivity index (χ2n) is 5.69. The van der Waals surface area contributed by atoms with Gasteiger partial charge in [-0.15, -0.1) is 11.3 Å². The molecule has 0 fully saturated rings. The van der Waals surface area contributed by atoms with Crippen LogP contribution in [-0.2, 0) is 16.0 Å². The average Bonchev–Trinajstić information content (AvgIpc) is 3.06. The number of hydrogen-bond donors (Lipinski definition) is 2. The van der Waals surface area contributed by atoms with Crippen LogP contribution in [0.3, 0.4) is 0 Å². The van der Waals surface area contributed by atoms with Crippen LogP contribution in [-0.4, -0.2) is 24.1 Å². The Labute approximate surface area is 145 Å². The zero-order valence-corrected chi connectivity index (χ0v) is 14.5.